The molecule has 0 saturated carbocycles. The van der Waals surface area contributed by atoms with Crippen LogP contribution in [0, 0.1) is 0 Å². The Balaban J connectivity index is 0.00000342. The van der Waals surface area contributed by atoms with Crippen LogP contribution in [0.3, 0.4) is 0 Å². The zero-order chi connectivity index (χ0) is 25.3. The predicted octanol–water partition coefficient (Wildman–Crippen LogP) is 4.55. The number of nitrogens with one attached hydrogen (secondary N) is 1. The van der Waals surface area contributed by atoms with Crippen LogP contribution in [0.2, 0.25) is 0 Å². The van der Waals surface area contributed by atoms with Gasteiger partial charge in [-0.2, -0.15) is 0 Å². The van der Waals surface area contributed by atoms with E-state index in [1.54, 1.807) is 18.2 Å². The third-order valence-corrected chi connectivity index (χ3v) is 7.89. The molecule has 7 nitrogen and oxygen atoms in total. The van der Waals surface area contributed by atoms with Gasteiger partial charge in [-0.25, -0.2) is 13.6 Å². The summed E-state index contributed by atoms with van der Waals surface area (Å²) in [6.45, 7) is 6.30. The molecule has 1 atom stereocenters. The van der Waals surface area contributed by atoms with Gasteiger partial charge in [0.1, 0.15) is 0 Å². The Bertz CT molecular complexity index is 1050. The number of hydrogen-bond donors (Lipinski definition) is 4. The maximum Gasteiger partial charge on any atom is 0.238 e. The fourth-order valence-electron chi connectivity index (χ4n) is 5.00. The summed E-state index contributed by atoms with van der Waals surface area (Å²) in [5.41, 5.74) is 3.19. The zero-order valence-corrected chi connectivity index (χ0v) is 24.1. The van der Waals surface area contributed by atoms with Crippen LogP contribution in [-0.4, -0.2) is 55.8 Å². The average Bonchev–Trinajstić information content (AvgIpc) is 2.84. The van der Waals surface area contributed by atoms with Crippen LogP contribution in [0.4, 0.5) is 0 Å². The smallest absolute Gasteiger partial charge is 0.238 e. The van der Waals surface area contributed by atoms with E-state index in [-0.39, 0.29) is 41.2 Å². The van der Waals surface area contributed by atoms with Gasteiger partial charge < -0.3 is 20.4 Å². The largest absolute Gasteiger partial charge is 0.504 e. The number of aromatic hydroxyl groups is 2. The highest BCUT2D eigenvalue weighted by Crippen LogP contribution is 2.36. The minimum absolute atomic E-state index is 0. The number of benzene rings is 2. The van der Waals surface area contributed by atoms with Crippen LogP contribution in [-0.2, 0) is 29.3 Å². The second kappa shape index (κ2) is 16.4. The van der Waals surface area contributed by atoms with E-state index in [0.29, 0.717) is 6.04 Å². The molecule has 5 N–H and O–H groups in total. The lowest BCUT2D eigenvalue weighted by Gasteiger charge is -2.35. The van der Waals surface area contributed by atoms with Crippen molar-refractivity contribution in [1.29, 1.82) is 0 Å². The van der Waals surface area contributed by atoms with Gasteiger partial charge in [0.2, 0.25) is 10.0 Å². The number of phenols is 2. The van der Waals surface area contributed by atoms with Crippen LogP contribution in [0.5, 0.6) is 11.5 Å². The van der Waals surface area contributed by atoms with Crippen LogP contribution >= 0.6 is 24.8 Å². The number of primary sulfonamides is 1. The van der Waals surface area contributed by atoms with E-state index >= 15 is 0 Å². The molecule has 210 valence electrons. The number of halogens is 2. The molecule has 0 spiro atoms. The molecule has 0 unspecified atom stereocenters. The summed E-state index contributed by atoms with van der Waals surface area (Å²) in [4.78, 5) is 2.77. The topological polar surface area (TPSA) is 116 Å². The Morgan fingerprint density at radius 3 is 2.35 bits per heavy atom. The highest BCUT2D eigenvalue weighted by atomic mass is 35.5. The van der Waals surface area contributed by atoms with Crippen LogP contribution in [0.15, 0.2) is 41.3 Å². The van der Waals surface area contributed by atoms with Crippen molar-refractivity contribution in [3.8, 4) is 11.5 Å². The normalized spacial score (nSPS) is 15.1. The number of rotatable bonds is 14. The maximum absolute atomic E-state index is 11.3. The van der Waals surface area contributed by atoms with E-state index in [1.165, 1.54) is 24.8 Å². The van der Waals surface area contributed by atoms with E-state index in [9.17, 15) is 18.6 Å². The first kappa shape index (κ1) is 33.5. The standard InChI is InChI=1S/C27H41N3O4S.2ClH/c1-2-18-30(23-10-13-25-22(20-23)9-14-26(31)27(25)32)19-6-4-3-5-16-29-17-15-21-7-11-24(12-8-21)35(28,33)34;;/h7-9,11-12,14,23,29,31-32H,2-6,10,13,15-20H2,1H3,(H2,28,33,34);2*1H/t23-;;/m0../s1. The first-order valence-electron chi connectivity index (χ1n) is 12.9. The van der Waals surface area contributed by atoms with Crippen LogP contribution in [0.25, 0.3) is 0 Å². The van der Waals surface area contributed by atoms with Crippen molar-refractivity contribution in [2.75, 3.05) is 26.2 Å². The minimum atomic E-state index is -3.63. The van der Waals surface area contributed by atoms with Gasteiger partial charge >= 0.3 is 0 Å². The molecule has 0 aliphatic heterocycles. The van der Waals surface area contributed by atoms with Crippen molar-refractivity contribution in [3.63, 3.8) is 0 Å². The molecule has 0 amide bonds. The van der Waals surface area contributed by atoms with Crippen molar-refractivity contribution in [3.05, 3.63) is 53.1 Å². The summed E-state index contributed by atoms with van der Waals surface area (Å²) in [6, 6.07) is 10.8. The number of hydrogen-bond acceptors (Lipinski definition) is 6. The summed E-state index contributed by atoms with van der Waals surface area (Å²) in [5, 5.41) is 28.5. The molecule has 0 saturated heterocycles. The molecule has 2 aromatic carbocycles. The van der Waals surface area contributed by atoms with Gasteiger partial charge in [0.25, 0.3) is 0 Å². The highest BCUT2D eigenvalue weighted by molar-refractivity contribution is 7.89. The minimum Gasteiger partial charge on any atom is -0.504 e. The van der Waals surface area contributed by atoms with Crippen molar-refractivity contribution in [2.45, 2.75) is 75.6 Å². The van der Waals surface area contributed by atoms with E-state index in [0.717, 1.165) is 75.8 Å². The molecule has 0 aromatic heterocycles. The monoisotopic (exact) mass is 575 g/mol. The lowest BCUT2D eigenvalue weighted by Crippen LogP contribution is -2.40. The van der Waals surface area contributed by atoms with Gasteiger partial charge in [0.05, 0.1) is 4.90 Å². The number of phenolic OH excluding ortho intramolecular Hbond substituents is 2. The Morgan fingerprint density at radius 1 is 0.973 bits per heavy atom. The fraction of sp³-hybridized carbons (Fsp3) is 0.556. The van der Waals surface area contributed by atoms with Crippen LogP contribution < -0.4 is 10.5 Å². The molecule has 0 bridgehead atoms. The van der Waals surface area contributed by atoms with Crippen molar-refractivity contribution in [2.24, 2.45) is 5.14 Å². The number of fused-ring (bicyclic) bond motifs is 1. The molecule has 0 fully saturated rings. The summed E-state index contributed by atoms with van der Waals surface area (Å²) in [5.74, 6) is 0.0532. The number of nitrogens with two attached hydrogens (primary N) is 1. The van der Waals surface area contributed by atoms with Crippen molar-refractivity contribution >= 4 is 34.8 Å². The van der Waals surface area contributed by atoms with E-state index < -0.39 is 10.0 Å². The third kappa shape index (κ3) is 10.3. The number of nitrogens with zero attached hydrogens (tertiary/aromatic N) is 1. The van der Waals surface area contributed by atoms with E-state index in [2.05, 4.69) is 17.1 Å². The number of unbranched alkanes of at least 4 members (excludes halogenated alkanes) is 3. The summed E-state index contributed by atoms with van der Waals surface area (Å²) >= 11 is 0. The fourth-order valence-corrected chi connectivity index (χ4v) is 5.52. The van der Waals surface area contributed by atoms with Gasteiger partial charge in [0.15, 0.2) is 11.5 Å². The van der Waals surface area contributed by atoms with Crippen molar-refractivity contribution in [1.82, 2.24) is 10.2 Å². The van der Waals surface area contributed by atoms with Gasteiger partial charge in [-0.05, 0) is 100 Å². The first-order valence-corrected chi connectivity index (χ1v) is 14.4. The summed E-state index contributed by atoms with van der Waals surface area (Å²) in [7, 11) is -3.63. The average molecular weight is 577 g/mol. The predicted molar refractivity (Wildman–Crippen MR) is 155 cm³/mol. The van der Waals surface area contributed by atoms with Crippen molar-refractivity contribution < 1.29 is 18.6 Å². The second-order valence-corrected chi connectivity index (χ2v) is 11.2. The zero-order valence-electron chi connectivity index (χ0n) is 21.7. The van der Waals surface area contributed by atoms with Gasteiger partial charge in [-0.3, -0.25) is 0 Å². The Kier molecular flexibility index (Phi) is 14.9. The SMILES string of the molecule is CCCN(CCCCCCNCCc1ccc(S(N)(=O)=O)cc1)[C@H]1CCc2c(ccc(O)c2O)C1.Cl.Cl. The lowest BCUT2D eigenvalue weighted by atomic mass is 9.86. The number of sulfonamides is 1. The second-order valence-electron chi connectivity index (χ2n) is 9.61. The molecule has 2 aromatic rings. The molecule has 0 heterocycles. The van der Waals surface area contributed by atoms with Crippen LogP contribution in [0.1, 0.15) is 62.1 Å². The molecule has 10 heteroatoms. The van der Waals surface area contributed by atoms with Gasteiger partial charge in [-0.15, -0.1) is 24.8 Å². The Morgan fingerprint density at radius 2 is 1.68 bits per heavy atom. The van der Waals surface area contributed by atoms with E-state index in [4.69, 9.17) is 5.14 Å². The summed E-state index contributed by atoms with van der Waals surface area (Å²) in [6.07, 6.45) is 9.56. The molecule has 0 radical (unpaired) electrons. The van der Waals surface area contributed by atoms with Gasteiger partial charge in [-0.1, -0.05) is 38.0 Å². The van der Waals surface area contributed by atoms with E-state index in [1.807, 2.05) is 18.2 Å². The van der Waals surface area contributed by atoms with Gasteiger partial charge in [0, 0.05) is 11.6 Å². The lowest BCUT2D eigenvalue weighted by molar-refractivity contribution is 0.175. The molecule has 37 heavy (non-hydrogen) atoms. The molecule has 1 aliphatic rings. The molecule has 3 rings (SSSR count). The maximum atomic E-state index is 11.3. The molecular weight excluding hydrogens is 533 g/mol. The Hall–Kier alpha value is -1.55. The third-order valence-electron chi connectivity index (χ3n) is 6.96. The highest BCUT2D eigenvalue weighted by Gasteiger charge is 2.26. The quantitative estimate of drug-likeness (QED) is 0.194. The molecule has 1 aliphatic carbocycles. The Labute approximate surface area is 234 Å². The summed E-state index contributed by atoms with van der Waals surface area (Å²) < 4.78 is 22.6. The first-order chi connectivity index (χ1) is 16.8. The molecular formula is C27H43Cl2N3O4S.